The van der Waals surface area contributed by atoms with Crippen LogP contribution in [0.15, 0.2) is 18.5 Å². The van der Waals surface area contributed by atoms with Gasteiger partial charge in [-0.1, -0.05) is 6.92 Å². The summed E-state index contributed by atoms with van der Waals surface area (Å²) in [6.07, 6.45) is 7.75. The fourth-order valence-corrected chi connectivity index (χ4v) is 4.57. The van der Waals surface area contributed by atoms with Gasteiger partial charge in [-0.05, 0) is 31.7 Å². The van der Waals surface area contributed by atoms with Crippen LogP contribution in [0.3, 0.4) is 0 Å². The Kier molecular flexibility index (Phi) is 3.35. The van der Waals surface area contributed by atoms with Crippen LogP contribution in [0, 0.1) is 5.41 Å². The van der Waals surface area contributed by atoms with Gasteiger partial charge in [0.1, 0.15) is 5.82 Å². The Morgan fingerprint density at radius 3 is 2.58 bits per heavy atom. The summed E-state index contributed by atoms with van der Waals surface area (Å²) in [4.78, 5) is 19.6. The number of amides is 1. The molecule has 1 N–H and O–H groups in total. The van der Waals surface area contributed by atoms with Gasteiger partial charge in [-0.2, -0.15) is 5.10 Å². The zero-order valence-corrected chi connectivity index (χ0v) is 15.5. The normalized spacial score (nSPS) is 23.1. The Bertz CT molecular complexity index is 853. The van der Waals surface area contributed by atoms with Crippen molar-refractivity contribution in [1.29, 1.82) is 0 Å². The van der Waals surface area contributed by atoms with E-state index < -0.39 is 0 Å². The molecule has 5 rings (SSSR count). The molecule has 2 aromatic heterocycles. The van der Waals surface area contributed by atoms with Crippen molar-refractivity contribution in [1.82, 2.24) is 29.5 Å². The van der Waals surface area contributed by atoms with E-state index in [9.17, 15) is 4.79 Å². The monoisotopic (exact) mass is 354 g/mol. The van der Waals surface area contributed by atoms with Crippen molar-refractivity contribution in [2.45, 2.75) is 44.7 Å². The van der Waals surface area contributed by atoms with E-state index in [1.54, 1.807) is 0 Å². The van der Waals surface area contributed by atoms with Crippen LogP contribution in [-0.4, -0.2) is 49.8 Å². The number of carbonyl (C=O) groups excluding carboxylic acids is 1. The van der Waals surface area contributed by atoms with E-state index in [1.807, 2.05) is 30.2 Å². The number of nitrogens with one attached hydrogen (secondary N) is 1. The third-order valence-electron chi connectivity index (χ3n) is 6.59. The van der Waals surface area contributed by atoms with Crippen LogP contribution in [0.25, 0.3) is 11.4 Å². The number of aryl methyl sites for hydroxylation is 1. The molecule has 0 atom stereocenters. The molecule has 1 aliphatic carbocycles. The minimum Gasteiger partial charge on any atom is -0.342 e. The Hall–Kier alpha value is -2.15. The SMILES string of the molecule is Cn1nccc1-c1cnc2n1CCNC21CCN(C(=O)C2(C)CC2)CC1. The van der Waals surface area contributed by atoms with Crippen LogP contribution in [0.1, 0.15) is 38.4 Å². The molecule has 0 unspecified atom stereocenters. The zero-order valence-electron chi connectivity index (χ0n) is 15.5. The molecule has 138 valence electrons. The molecule has 4 heterocycles. The van der Waals surface area contributed by atoms with Gasteiger partial charge in [0, 0.05) is 44.8 Å². The molecular weight excluding hydrogens is 328 g/mol. The molecule has 7 heteroatoms. The van der Waals surface area contributed by atoms with E-state index in [4.69, 9.17) is 4.98 Å². The highest BCUT2D eigenvalue weighted by molar-refractivity contribution is 5.85. The van der Waals surface area contributed by atoms with Gasteiger partial charge in [-0.15, -0.1) is 0 Å². The summed E-state index contributed by atoms with van der Waals surface area (Å²) in [7, 11) is 1.97. The number of likely N-dealkylation sites (tertiary alicyclic amines) is 1. The van der Waals surface area contributed by atoms with Crippen LogP contribution in [0.4, 0.5) is 0 Å². The lowest BCUT2D eigenvalue weighted by molar-refractivity contribution is -0.138. The van der Waals surface area contributed by atoms with Crippen LogP contribution < -0.4 is 5.32 Å². The number of rotatable bonds is 2. The maximum Gasteiger partial charge on any atom is 0.228 e. The van der Waals surface area contributed by atoms with E-state index in [1.165, 1.54) is 0 Å². The molecule has 2 fully saturated rings. The molecule has 7 nitrogen and oxygen atoms in total. The molecule has 0 aromatic carbocycles. The average molecular weight is 354 g/mol. The van der Waals surface area contributed by atoms with Gasteiger partial charge in [0.25, 0.3) is 0 Å². The van der Waals surface area contributed by atoms with Crippen LogP contribution >= 0.6 is 0 Å². The van der Waals surface area contributed by atoms with Crippen molar-refractivity contribution in [2.24, 2.45) is 12.5 Å². The van der Waals surface area contributed by atoms with Crippen LogP contribution in [-0.2, 0) is 23.9 Å². The summed E-state index contributed by atoms with van der Waals surface area (Å²) in [5, 5.41) is 8.03. The molecule has 0 bridgehead atoms. The summed E-state index contributed by atoms with van der Waals surface area (Å²) >= 11 is 0. The van der Waals surface area contributed by atoms with Crippen molar-refractivity contribution in [3.8, 4) is 11.4 Å². The fraction of sp³-hybridized carbons (Fsp3) is 0.632. The number of piperidine rings is 1. The van der Waals surface area contributed by atoms with E-state index >= 15 is 0 Å². The molecule has 1 saturated carbocycles. The van der Waals surface area contributed by atoms with Crippen molar-refractivity contribution in [3.05, 3.63) is 24.3 Å². The second kappa shape index (κ2) is 5.42. The smallest absolute Gasteiger partial charge is 0.228 e. The summed E-state index contributed by atoms with van der Waals surface area (Å²) in [5.74, 6) is 1.46. The molecular formula is C19H26N6O. The van der Waals surface area contributed by atoms with E-state index in [0.29, 0.717) is 5.91 Å². The Morgan fingerprint density at radius 1 is 1.15 bits per heavy atom. The molecule has 26 heavy (non-hydrogen) atoms. The van der Waals surface area contributed by atoms with E-state index in [0.717, 1.165) is 69.1 Å². The number of fused-ring (bicyclic) bond motifs is 2. The van der Waals surface area contributed by atoms with E-state index in [-0.39, 0.29) is 11.0 Å². The minimum absolute atomic E-state index is 0.0737. The van der Waals surface area contributed by atoms with E-state index in [2.05, 4.69) is 26.8 Å². The van der Waals surface area contributed by atoms with Gasteiger partial charge in [0.2, 0.25) is 5.91 Å². The van der Waals surface area contributed by atoms with Gasteiger partial charge < -0.3 is 14.8 Å². The number of nitrogens with zero attached hydrogens (tertiary/aromatic N) is 5. The summed E-state index contributed by atoms with van der Waals surface area (Å²) in [5.41, 5.74) is 2.03. The lowest BCUT2D eigenvalue weighted by atomic mass is 9.84. The predicted octanol–water partition coefficient (Wildman–Crippen LogP) is 1.50. The Balaban J connectivity index is 1.42. The predicted molar refractivity (Wildman–Crippen MR) is 97.3 cm³/mol. The standard InChI is InChI=1S/C19H26N6O/c1-18(4-5-18)17(26)24-10-6-19(7-11-24)16-20-13-15(25(16)12-9-21-19)14-3-8-22-23(14)2/h3,8,13,21H,4-7,9-12H2,1-2H3. The first-order valence-corrected chi connectivity index (χ1v) is 9.61. The molecule has 0 radical (unpaired) electrons. The molecule has 1 amide bonds. The summed E-state index contributed by atoms with van der Waals surface area (Å²) < 4.78 is 4.24. The molecule has 3 aliphatic rings. The third-order valence-corrected chi connectivity index (χ3v) is 6.59. The quantitative estimate of drug-likeness (QED) is 0.888. The van der Waals surface area contributed by atoms with Crippen molar-refractivity contribution < 1.29 is 4.79 Å². The van der Waals surface area contributed by atoms with Gasteiger partial charge in [0.15, 0.2) is 0 Å². The topological polar surface area (TPSA) is 68.0 Å². The largest absolute Gasteiger partial charge is 0.342 e. The number of carbonyl (C=O) groups is 1. The van der Waals surface area contributed by atoms with Crippen molar-refractivity contribution >= 4 is 5.91 Å². The minimum atomic E-state index is -0.115. The highest BCUT2D eigenvalue weighted by Gasteiger charge is 2.50. The summed E-state index contributed by atoms with van der Waals surface area (Å²) in [6.45, 7) is 5.58. The number of aromatic nitrogens is 4. The maximum atomic E-state index is 12.7. The van der Waals surface area contributed by atoms with Crippen molar-refractivity contribution in [3.63, 3.8) is 0 Å². The van der Waals surface area contributed by atoms with Gasteiger partial charge in [0.05, 0.1) is 23.1 Å². The lowest BCUT2D eigenvalue weighted by Crippen LogP contribution is -2.57. The second-order valence-electron chi connectivity index (χ2n) is 8.32. The van der Waals surface area contributed by atoms with Gasteiger partial charge in [-0.25, -0.2) is 4.98 Å². The summed E-state index contributed by atoms with van der Waals surface area (Å²) in [6, 6.07) is 2.04. The molecule has 1 saturated heterocycles. The highest BCUT2D eigenvalue weighted by Crippen LogP contribution is 2.47. The molecule has 2 aromatic rings. The number of imidazole rings is 1. The maximum absolute atomic E-state index is 12.7. The number of hydrogen-bond donors (Lipinski definition) is 1. The zero-order chi connectivity index (χ0) is 17.9. The average Bonchev–Trinajstić information content (AvgIpc) is 3.04. The van der Waals surface area contributed by atoms with Crippen LogP contribution in [0.2, 0.25) is 0 Å². The first-order chi connectivity index (χ1) is 12.5. The number of hydrogen-bond acceptors (Lipinski definition) is 4. The Labute approximate surface area is 153 Å². The van der Waals surface area contributed by atoms with Crippen LogP contribution in [0.5, 0.6) is 0 Å². The highest BCUT2D eigenvalue weighted by atomic mass is 16.2. The fourth-order valence-electron chi connectivity index (χ4n) is 4.57. The van der Waals surface area contributed by atoms with Crippen molar-refractivity contribution in [2.75, 3.05) is 19.6 Å². The van der Waals surface area contributed by atoms with Gasteiger partial charge >= 0.3 is 0 Å². The third kappa shape index (κ3) is 2.26. The second-order valence-corrected chi connectivity index (χ2v) is 8.32. The lowest BCUT2D eigenvalue weighted by Gasteiger charge is -2.45. The first kappa shape index (κ1) is 16.1. The molecule has 1 spiro atoms. The van der Waals surface area contributed by atoms with Gasteiger partial charge in [-0.3, -0.25) is 9.48 Å². The Morgan fingerprint density at radius 2 is 1.92 bits per heavy atom. The molecule has 2 aliphatic heterocycles. The first-order valence-electron chi connectivity index (χ1n) is 9.61.